The molecule has 0 spiro atoms. The number of likely N-dealkylation sites (tertiary alicyclic amines) is 1. The van der Waals surface area contributed by atoms with Crippen molar-refractivity contribution < 1.29 is 23.9 Å². The predicted octanol–water partition coefficient (Wildman–Crippen LogP) is 2.64. The van der Waals surface area contributed by atoms with Crippen LogP contribution in [-0.2, 0) is 20.9 Å². The Morgan fingerprint density at radius 3 is 2.56 bits per heavy atom. The Hall–Kier alpha value is -2.45. The second-order valence-corrected chi connectivity index (χ2v) is 10.3. The van der Waals surface area contributed by atoms with Crippen LogP contribution < -0.4 is 10.1 Å². The quantitative estimate of drug-likeness (QED) is 0.645. The van der Waals surface area contributed by atoms with E-state index in [0.29, 0.717) is 30.7 Å². The fraction of sp³-hybridized carbons (Fsp3) is 0.654. The summed E-state index contributed by atoms with van der Waals surface area (Å²) in [5.74, 6) is -0.0259. The zero-order chi connectivity index (χ0) is 23.8. The van der Waals surface area contributed by atoms with Gasteiger partial charge in [-0.25, -0.2) is 0 Å². The van der Waals surface area contributed by atoms with Crippen molar-refractivity contribution in [1.29, 1.82) is 0 Å². The molecule has 5 rings (SSSR count). The molecule has 3 aliphatic heterocycles. The summed E-state index contributed by atoms with van der Waals surface area (Å²) < 4.78 is 12.5. The summed E-state index contributed by atoms with van der Waals surface area (Å²) in [6.45, 7) is 6.65. The number of hydrogen-bond donors (Lipinski definition) is 1. The standard InChI is InChI=1S/C26H35N3O5/c1-16(2)33-18-10-12-28(13-11-18)21-4-3-5-23(21)34-19-6-7-20-17(14-19)15-29(26(20)32)22-8-9-24(30)27-25(22)31/h6-7,14,16,18,21-23H,3-5,8-13,15H2,1-2H3,(H,27,30,31)/t21-,22?,23+/m1/s1. The predicted molar refractivity (Wildman–Crippen MR) is 125 cm³/mol. The fourth-order valence-electron chi connectivity index (χ4n) is 5.99. The third kappa shape index (κ3) is 4.70. The number of benzene rings is 1. The smallest absolute Gasteiger partial charge is 0.255 e. The molecule has 0 aromatic heterocycles. The summed E-state index contributed by atoms with van der Waals surface area (Å²) >= 11 is 0. The van der Waals surface area contributed by atoms with Gasteiger partial charge in [-0.1, -0.05) is 0 Å². The van der Waals surface area contributed by atoms with E-state index in [1.807, 2.05) is 18.2 Å². The first-order chi connectivity index (χ1) is 16.4. The van der Waals surface area contributed by atoms with Gasteiger partial charge in [-0.05, 0) is 76.1 Å². The van der Waals surface area contributed by atoms with Gasteiger partial charge in [0.2, 0.25) is 11.8 Å². The Labute approximate surface area is 200 Å². The number of amides is 3. The van der Waals surface area contributed by atoms with E-state index >= 15 is 0 Å². The topological polar surface area (TPSA) is 88.2 Å². The molecular formula is C26H35N3O5. The molecule has 0 bridgehead atoms. The Kier molecular flexibility index (Phi) is 6.62. The highest BCUT2D eigenvalue weighted by Gasteiger charge is 2.40. The van der Waals surface area contributed by atoms with Gasteiger partial charge >= 0.3 is 0 Å². The van der Waals surface area contributed by atoms with Crippen molar-refractivity contribution in [2.45, 2.75) is 95.7 Å². The molecule has 1 unspecified atom stereocenters. The third-order valence-electron chi connectivity index (χ3n) is 7.61. The summed E-state index contributed by atoms with van der Waals surface area (Å²) in [7, 11) is 0. The lowest BCUT2D eigenvalue weighted by molar-refractivity contribution is -0.136. The van der Waals surface area contributed by atoms with Gasteiger partial charge in [0.1, 0.15) is 17.9 Å². The Balaban J connectivity index is 1.22. The molecule has 3 amide bonds. The summed E-state index contributed by atoms with van der Waals surface area (Å²) in [6.07, 6.45) is 6.88. The monoisotopic (exact) mass is 469 g/mol. The molecule has 1 aliphatic carbocycles. The minimum Gasteiger partial charge on any atom is -0.489 e. The van der Waals surface area contributed by atoms with Gasteiger partial charge in [0.25, 0.3) is 5.91 Å². The van der Waals surface area contributed by atoms with Crippen molar-refractivity contribution >= 4 is 17.7 Å². The Morgan fingerprint density at radius 1 is 1.03 bits per heavy atom. The van der Waals surface area contributed by atoms with Gasteiger partial charge in [0.05, 0.1) is 12.2 Å². The molecule has 3 fully saturated rings. The molecule has 3 heterocycles. The van der Waals surface area contributed by atoms with Crippen molar-refractivity contribution in [2.24, 2.45) is 0 Å². The van der Waals surface area contributed by atoms with E-state index < -0.39 is 6.04 Å². The molecule has 8 nitrogen and oxygen atoms in total. The van der Waals surface area contributed by atoms with Gasteiger partial charge in [-0.3, -0.25) is 24.6 Å². The first-order valence-electron chi connectivity index (χ1n) is 12.7. The lowest BCUT2D eigenvalue weighted by Gasteiger charge is -2.38. The van der Waals surface area contributed by atoms with Crippen LogP contribution in [0, 0.1) is 0 Å². The van der Waals surface area contributed by atoms with Gasteiger partial charge in [0.15, 0.2) is 0 Å². The number of rotatable bonds is 6. The molecule has 1 saturated carbocycles. The molecule has 1 aromatic rings. The molecule has 8 heteroatoms. The van der Waals surface area contributed by atoms with Crippen LogP contribution in [-0.4, -0.2) is 71.0 Å². The van der Waals surface area contributed by atoms with E-state index in [2.05, 4.69) is 24.1 Å². The van der Waals surface area contributed by atoms with Crippen LogP contribution in [0.3, 0.4) is 0 Å². The summed E-state index contributed by atoms with van der Waals surface area (Å²) in [6, 6.07) is 5.47. The number of carbonyl (C=O) groups excluding carboxylic acids is 3. The highest BCUT2D eigenvalue weighted by molar-refractivity contribution is 6.05. The average Bonchev–Trinajstić information content (AvgIpc) is 3.38. The normalized spacial score (nSPS) is 28.5. The summed E-state index contributed by atoms with van der Waals surface area (Å²) in [4.78, 5) is 40.8. The minimum absolute atomic E-state index is 0.143. The van der Waals surface area contributed by atoms with E-state index in [9.17, 15) is 14.4 Å². The lowest BCUT2D eigenvalue weighted by Crippen LogP contribution is -2.52. The van der Waals surface area contributed by atoms with E-state index in [4.69, 9.17) is 9.47 Å². The molecule has 2 saturated heterocycles. The number of fused-ring (bicyclic) bond motifs is 1. The first kappa shape index (κ1) is 23.3. The van der Waals surface area contributed by atoms with Crippen LogP contribution in [0.5, 0.6) is 5.75 Å². The largest absolute Gasteiger partial charge is 0.489 e. The van der Waals surface area contributed by atoms with E-state index in [0.717, 1.165) is 56.5 Å². The molecule has 1 N–H and O–H groups in total. The van der Waals surface area contributed by atoms with Crippen LogP contribution >= 0.6 is 0 Å². The first-order valence-corrected chi connectivity index (χ1v) is 12.7. The number of hydrogen-bond acceptors (Lipinski definition) is 6. The number of piperidine rings is 2. The van der Waals surface area contributed by atoms with Gasteiger partial charge in [0, 0.05) is 37.7 Å². The SMILES string of the molecule is CC(C)OC1CCN([C@@H]2CCC[C@@H]2Oc2ccc3c(c2)CN(C2CCC(=O)NC2=O)C3=O)CC1. The maximum Gasteiger partial charge on any atom is 0.255 e. The average molecular weight is 470 g/mol. The van der Waals surface area contributed by atoms with Crippen LogP contribution in [0.4, 0.5) is 0 Å². The number of nitrogens with zero attached hydrogens (tertiary/aromatic N) is 2. The number of nitrogens with one attached hydrogen (secondary N) is 1. The maximum absolute atomic E-state index is 12.9. The highest BCUT2D eigenvalue weighted by atomic mass is 16.5. The van der Waals surface area contributed by atoms with Crippen LogP contribution in [0.25, 0.3) is 0 Å². The van der Waals surface area contributed by atoms with Gasteiger partial charge in [-0.15, -0.1) is 0 Å². The van der Waals surface area contributed by atoms with Gasteiger partial charge in [-0.2, -0.15) is 0 Å². The molecule has 34 heavy (non-hydrogen) atoms. The molecule has 184 valence electrons. The van der Waals surface area contributed by atoms with E-state index in [1.54, 1.807) is 4.90 Å². The van der Waals surface area contributed by atoms with Crippen molar-refractivity contribution in [1.82, 2.24) is 15.1 Å². The Morgan fingerprint density at radius 2 is 1.82 bits per heavy atom. The lowest BCUT2D eigenvalue weighted by atomic mass is 10.0. The molecule has 4 aliphatic rings. The number of carbonyl (C=O) groups is 3. The van der Waals surface area contributed by atoms with Crippen LogP contribution in [0.15, 0.2) is 18.2 Å². The third-order valence-corrected chi connectivity index (χ3v) is 7.61. The second kappa shape index (κ2) is 9.66. The van der Waals surface area contributed by atoms with E-state index in [1.165, 1.54) is 0 Å². The van der Waals surface area contributed by atoms with Crippen LogP contribution in [0.2, 0.25) is 0 Å². The zero-order valence-electron chi connectivity index (χ0n) is 20.1. The van der Waals surface area contributed by atoms with Crippen molar-refractivity contribution in [3.8, 4) is 5.75 Å². The molecular weight excluding hydrogens is 434 g/mol. The van der Waals surface area contributed by atoms with Crippen LogP contribution in [0.1, 0.15) is 74.7 Å². The maximum atomic E-state index is 12.9. The molecule has 3 atom stereocenters. The molecule has 0 radical (unpaired) electrons. The second-order valence-electron chi connectivity index (χ2n) is 10.3. The molecule has 1 aromatic carbocycles. The van der Waals surface area contributed by atoms with Crippen molar-refractivity contribution in [3.63, 3.8) is 0 Å². The number of ether oxygens (including phenoxy) is 2. The van der Waals surface area contributed by atoms with Crippen molar-refractivity contribution in [2.75, 3.05) is 13.1 Å². The fourth-order valence-corrected chi connectivity index (χ4v) is 5.99. The zero-order valence-corrected chi connectivity index (χ0v) is 20.1. The van der Waals surface area contributed by atoms with Gasteiger partial charge < -0.3 is 14.4 Å². The Bertz CT molecular complexity index is 956. The highest BCUT2D eigenvalue weighted by Crippen LogP contribution is 2.34. The number of imide groups is 1. The van der Waals surface area contributed by atoms with Crippen molar-refractivity contribution in [3.05, 3.63) is 29.3 Å². The summed E-state index contributed by atoms with van der Waals surface area (Å²) in [5.41, 5.74) is 1.50. The van der Waals surface area contributed by atoms with E-state index in [-0.39, 0.29) is 36.4 Å². The minimum atomic E-state index is -0.594. The summed E-state index contributed by atoms with van der Waals surface area (Å²) in [5, 5.41) is 2.35.